The number of hydrogen-bond acceptors (Lipinski definition) is 6. The third kappa shape index (κ3) is 8.46. The van der Waals surface area contributed by atoms with Crippen molar-refractivity contribution in [2.75, 3.05) is 0 Å². The Morgan fingerprint density at radius 3 is 1.45 bits per heavy atom. The van der Waals surface area contributed by atoms with Crippen LogP contribution in [0.25, 0.3) is 0 Å². The largest absolute Gasteiger partial charge is 0.647 e. The summed E-state index contributed by atoms with van der Waals surface area (Å²) < 4.78 is 31.9. The maximum atomic E-state index is 14.1. The van der Waals surface area contributed by atoms with Crippen molar-refractivity contribution in [3.05, 3.63) is 160 Å². The van der Waals surface area contributed by atoms with Gasteiger partial charge in [0, 0.05) is 0 Å². The molecule has 0 heterocycles. The van der Waals surface area contributed by atoms with Crippen LogP contribution in [0.15, 0.2) is 143 Å². The molecule has 0 fully saturated rings. The van der Waals surface area contributed by atoms with Gasteiger partial charge in [0.25, 0.3) is 0 Å². The summed E-state index contributed by atoms with van der Waals surface area (Å²) in [5.74, 6) is 1.70. The number of rotatable bonds is 10. The van der Waals surface area contributed by atoms with Gasteiger partial charge in [0.2, 0.25) is 0 Å². The average molecular weight is 609 g/mol. The highest BCUT2D eigenvalue weighted by Crippen LogP contribution is 2.54. The van der Waals surface area contributed by atoms with Crippen molar-refractivity contribution in [1.29, 1.82) is 0 Å². The van der Waals surface area contributed by atoms with Crippen LogP contribution >= 0.6 is 7.82 Å². The highest BCUT2D eigenvalue weighted by atomic mass is 31.2. The Bertz CT molecular complexity index is 1620. The van der Waals surface area contributed by atoms with Crippen LogP contribution < -0.4 is 4.52 Å². The zero-order chi connectivity index (χ0) is 31.1. The Balaban J connectivity index is 1.29. The first kappa shape index (κ1) is 30.8. The maximum Gasteiger partial charge on any atom is 0.647 e. The molecule has 0 aromatic heterocycles. The van der Waals surface area contributed by atoms with Crippen molar-refractivity contribution >= 4 is 7.82 Å². The molecular weight excluding hydrogens is 571 g/mol. The predicted octanol–water partition coefficient (Wildman–Crippen LogP) is 9.73. The van der Waals surface area contributed by atoms with Gasteiger partial charge >= 0.3 is 7.82 Å². The number of benzene rings is 3. The van der Waals surface area contributed by atoms with Crippen LogP contribution in [0.5, 0.6) is 17.2 Å². The molecule has 0 saturated carbocycles. The lowest BCUT2D eigenvalue weighted by Crippen LogP contribution is -2.05. The molecule has 3 aromatic rings. The van der Waals surface area contributed by atoms with Crippen LogP contribution in [0, 0.1) is 6.92 Å². The van der Waals surface area contributed by atoms with Gasteiger partial charge in [-0.25, -0.2) is 0 Å². The second kappa shape index (κ2) is 13.7. The first-order valence-corrected chi connectivity index (χ1v) is 16.1. The van der Waals surface area contributed by atoms with E-state index in [0.29, 0.717) is 30.1 Å². The Kier molecular flexibility index (Phi) is 9.62. The van der Waals surface area contributed by atoms with Gasteiger partial charge in [-0.3, -0.25) is 0 Å². The zero-order valence-electron chi connectivity index (χ0n) is 25.2. The lowest BCUT2D eigenvalue weighted by molar-refractivity contribution is 0.231. The molecule has 0 spiro atoms. The van der Waals surface area contributed by atoms with E-state index in [4.69, 9.17) is 13.6 Å². The quantitative estimate of drug-likeness (QED) is 0.223. The van der Waals surface area contributed by atoms with Crippen LogP contribution in [0.4, 0.5) is 0 Å². The van der Waals surface area contributed by atoms with Crippen LogP contribution in [0.3, 0.4) is 0 Å². The molecular formula is C37H37O6P. The Labute approximate surface area is 259 Å². The molecule has 2 aliphatic carbocycles. The standard InChI is InChI=1S/C37H37O6P/c1-26-4-18-35(19-5-26)41-44(40,42-36-20-10-31(11-21-36)27(2)24-29-6-14-33(38)15-7-29)43-37-22-12-32(13-23-37)28(3)25-30-8-16-34(39)17-9-30/h4-10,12,14-23,38-39H,11,13,24-25H2,1-3H3. The van der Waals surface area contributed by atoms with Gasteiger partial charge in [-0.15, -0.1) is 0 Å². The summed E-state index contributed by atoms with van der Waals surface area (Å²) in [6.45, 7) is 6.13. The van der Waals surface area contributed by atoms with Crippen molar-refractivity contribution in [1.82, 2.24) is 0 Å². The molecule has 5 rings (SSSR count). The number of hydrogen-bond donors (Lipinski definition) is 2. The molecule has 7 heteroatoms. The van der Waals surface area contributed by atoms with E-state index in [1.807, 2.05) is 67.6 Å². The molecule has 44 heavy (non-hydrogen) atoms. The summed E-state index contributed by atoms with van der Waals surface area (Å²) in [6, 6.07) is 21.6. The average Bonchev–Trinajstić information content (AvgIpc) is 3.01. The molecule has 2 N–H and O–H groups in total. The van der Waals surface area contributed by atoms with E-state index in [9.17, 15) is 14.8 Å². The molecule has 2 aliphatic rings. The minimum atomic E-state index is -4.12. The first-order chi connectivity index (χ1) is 21.1. The molecule has 0 radical (unpaired) electrons. The lowest BCUT2D eigenvalue weighted by atomic mass is 9.96. The van der Waals surface area contributed by atoms with Gasteiger partial charge in [0.05, 0.1) is 0 Å². The topological polar surface area (TPSA) is 85.2 Å². The number of aryl methyl sites for hydroxylation is 1. The molecule has 3 aromatic carbocycles. The van der Waals surface area contributed by atoms with Crippen LogP contribution in [0.2, 0.25) is 0 Å². The van der Waals surface area contributed by atoms with Crippen molar-refractivity contribution < 1.29 is 28.3 Å². The minimum absolute atomic E-state index is 0.248. The molecule has 0 aliphatic heterocycles. The molecule has 0 saturated heterocycles. The van der Waals surface area contributed by atoms with E-state index < -0.39 is 7.82 Å². The summed E-state index contributed by atoms with van der Waals surface area (Å²) in [6.07, 6.45) is 14.0. The number of aromatic hydroxyl groups is 2. The van der Waals surface area contributed by atoms with Gasteiger partial charge in [-0.2, -0.15) is 4.57 Å². The summed E-state index contributed by atoms with van der Waals surface area (Å²) >= 11 is 0. The zero-order valence-corrected chi connectivity index (χ0v) is 26.1. The van der Waals surface area contributed by atoms with Gasteiger partial charge in [0.15, 0.2) is 0 Å². The maximum absolute atomic E-state index is 14.1. The molecule has 0 atom stereocenters. The number of phosphoric acid groups is 1. The van der Waals surface area contributed by atoms with Crippen molar-refractivity contribution in [2.24, 2.45) is 0 Å². The van der Waals surface area contributed by atoms with Gasteiger partial charge in [0.1, 0.15) is 28.8 Å². The predicted molar refractivity (Wildman–Crippen MR) is 174 cm³/mol. The second-order valence-electron chi connectivity index (χ2n) is 11.1. The summed E-state index contributed by atoms with van der Waals surface area (Å²) in [4.78, 5) is 0. The summed E-state index contributed by atoms with van der Waals surface area (Å²) in [7, 11) is -4.12. The van der Waals surface area contributed by atoms with E-state index in [1.54, 1.807) is 48.6 Å². The monoisotopic (exact) mass is 608 g/mol. The Hall–Kier alpha value is -4.67. The van der Waals surface area contributed by atoms with Crippen LogP contribution in [-0.2, 0) is 26.5 Å². The van der Waals surface area contributed by atoms with E-state index in [2.05, 4.69) is 13.8 Å². The third-order valence-corrected chi connectivity index (χ3v) is 8.83. The number of phenols is 2. The number of phenolic OH excluding ortho intramolecular Hbond substituents is 2. The summed E-state index contributed by atoms with van der Waals surface area (Å²) in [5, 5.41) is 19.1. The normalized spacial score (nSPS) is 18.1. The van der Waals surface area contributed by atoms with E-state index in [0.717, 1.165) is 40.7 Å². The highest BCUT2D eigenvalue weighted by molar-refractivity contribution is 7.49. The van der Waals surface area contributed by atoms with Gasteiger partial charge in [-0.1, -0.05) is 65.3 Å². The summed E-state index contributed by atoms with van der Waals surface area (Å²) in [5.41, 5.74) is 7.94. The van der Waals surface area contributed by atoms with Gasteiger partial charge < -0.3 is 23.8 Å². The Morgan fingerprint density at radius 1 is 0.636 bits per heavy atom. The van der Waals surface area contributed by atoms with Crippen molar-refractivity contribution in [3.8, 4) is 17.2 Å². The smallest absolute Gasteiger partial charge is 0.508 e. The van der Waals surface area contributed by atoms with E-state index in [1.165, 1.54) is 11.1 Å². The fourth-order valence-corrected chi connectivity index (χ4v) is 6.22. The molecule has 6 nitrogen and oxygen atoms in total. The van der Waals surface area contributed by atoms with Crippen LogP contribution in [0.1, 0.15) is 43.4 Å². The SMILES string of the molecule is CC(Cc1ccc(O)cc1)=C1C=CC(OP(=O)(OC2=CCC(=C(C)Cc3ccc(O)cc3)C=C2)Oc2ccc(C)cc2)=CC1. The fourth-order valence-electron chi connectivity index (χ4n) is 4.94. The lowest BCUT2D eigenvalue weighted by Gasteiger charge is -2.23. The van der Waals surface area contributed by atoms with E-state index in [-0.39, 0.29) is 11.5 Å². The minimum Gasteiger partial charge on any atom is -0.508 e. The molecule has 0 bridgehead atoms. The Morgan fingerprint density at radius 2 is 1.07 bits per heavy atom. The highest BCUT2D eigenvalue weighted by Gasteiger charge is 2.34. The van der Waals surface area contributed by atoms with Crippen LogP contribution in [-0.4, -0.2) is 10.2 Å². The van der Waals surface area contributed by atoms with Crippen molar-refractivity contribution in [3.63, 3.8) is 0 Å². The molecule has 0 unspecified atom stereocenters. The number of phosphoric ester groups is 1. The number of allylic oxidation sites excluding steroid dienone is 10. The van der Waals surface area contributed by atoms with Gasteiger partial charge in [-0.05, 0) is 129 Å². The molecule has 226 valence electrons. The van der Waals surface area contributed by atoms with E-state index >= 15 is 0 Å². The fraction of sp³-hybridized carbons (Fsp3) is 0.189. The first-order valence-electron chi connectivity index (χ1n) is 14.6. The third-order valence-electron chi connectivity index (χ3n) is 7.52. The van der Waals surface area contributed by atoms with Crippen molar-refractivity contribution in [2.45, 2.75) is 46.5 Å². The molecule has 0 amide bonds. The second-order valence-corrected chi connectivity index (χ2v) is 12.6.